The van der Waals surface area contributed by atoms with Crippen molar-refractivity contribution in [2.45, 2.75) is 0 Å². The number of anilines is 3. The Morgan fingerprint density at radius 3 is 2.27 bits per heavy atom. The van der Waals surface area contributed by atoms with E-state index >= 15 is 0 Å². The molecule has 0 spiro atoms. The maximum absolute atomic E-state index is 6.75. The summed E-state index contributed by atoms with van der Waals surface area (Å²) in [6.07, 6.45) is 3.63. The van der Waals surface area contributed by atoms with Crippen molar-refractivity contribution in [3.05, 3.63) is 132 Å². The molecule has 1 aliphatic rings. The van der Waals surface area contributed by atoms with Gasteiger partial charge in [-0.1, -0.05) is 72.8 Å². The van der Waals surface area contributed by atoms with Crippen molar-refractivity contribution < 1.29 is 0 Å². The average molecular weight is 533 g/mol. The number of benzene rings is 5. The van der Waals surface area contributed by atoms with Crippen molar-refractivity contribution in [3.8, 4) is 11.1 Å². The van der Waals surface area contributed by atoms with Crippen LogP contribution in [0, 0.1) is 0 Å². The molecule has 0 aliphatic carbocycles. The number of fused-ring (bicyclic) bond motifs is 4. The molecule has 5 heteroatoms. The highest BCUT2D eigenvalue weighted by Crippen LogP contribution is 2.48. The lowest BCUT2D eigenvalue weighted by Gasteiger charge is -2.33. The number of thiophene rings is 1. The third-order valence-electron chi connectivity index (χ3n) is 7.79. The Balaban J connectivity index is 1.35. The van der Waals surface area contributed by atoms with Crippen LogP contribution in [-0.2, 0) is 0 Å². The fraction of sp³-hybridized carbons (Fsp3) is 0.0286. The van der Waals surface area contributed by atoms with Crippen LogP contribution in [0.25, 0.3) is 42.8 Å². The first kappa shape index (κ1) is 22.9. The minimum absolute atomic E-state index is 0.449. The molecule has 0 amide bonds. The van der Waals surface area contributed by atoms with Crippen LogP contribution in [0.15, 0.2) is 127 Å². The summed E-state index contributed by atoms with van der Waals surface area (Å²) in [7, 11) is 0. The van der Waals surface area contributed by atoms with E-state index in [-0.39, 0.29) is 0 Å². The molecular weight excluding hydrogens is 508 g/mol. The average Bonchev–Trinajstić information content (AvgIpc) is 3.34. The Hall–Kier alpha value is -5.00. The van der Waals surface area contributed by atoms with E-state index in [1.54, 1.807) is 11.3 Å². The second-order valence-corrected chi connectivity index (χ2v) is 11.1. The molecule has 7 aromatic rings. The van der Waals surface area contributed by atoms with E-state index in [1.165, 1.54) is 32.7 Å². The van der Waals surface area contributed by atoms with Crippen LogP contribution >= 0.6 is 11.3 Å². The van der Waals surface area contributed by atoms with Gasteiger partial charge in [0.1, 0.15) is 6.67 Å². The van der Waals surface area contributed by atoms with Gasteiger partial charge in [0.2, 0.25) is 0 Å². The van der Waals surface area contributed by atoms with Crippen LogP contribution in [0.3, 0.4) is 0 Å². The largest absolute Gasteiger partial charge is 0.397 e. The van der Waals surface area contributed by atoms with Crippen molar-refractivity contribution in [2.24, 2.45) is 4.99 Å². The van der Waals surface area contributed by atoms with E-state index in [4.69, 9.17) is 10.7 Å². The van der Waals surface area contributed by atoms with Crippen LogP contribution in [0.1, 0.15) is 10.4 Å². The summed E-state index contributed by atoms with van der Waals surface area (Å²) < 4.78 is 1.16. The quantitative estimate of drug-likeness (QED) is 0.231. The highest BCUT2D eigenvalue weighted by atomic mass is 32.1. The lowest BCUT2D eigenvalue weighted by molar-refractivity contribution is 0.986. The number of nitrogen functional groups attached to an aromatic ring is 1. The molecule has 3 heterocycles. The monoisotopic (exact) mass is 532 g/mol. The Labute approximate surface area is 235 Å². The van der Waals surface area contributed by atoms with Crippen LogP contribution < -0.4 is 10.6 Å². The van der Waals surface area contributed by atoms with Crippen LogP contribution in [0.5, 0.6) is 0 Å². The molecule has 0 saturated heterocycles. The van der Waals surface area contributed by atoms with Crippen molar-refractivity contribution >= 4 is 65.7 Å². The summed E-state index contributed by atoms with van der Waals surface area (Å²) >= 11 is 1.69. The first-order valence-corrected chi connectivity index (χ1v) is 14.1. The van der Waals surface area contributed by atoms with Gasteiger partial charge in [0.15, 0.2) is 0 Å². The van der Waals surface area contributed by atoms with E-state index in [2.05, 4.69) is 101 Å². The Bertz CT molecular complexity index is 2100. The zero-order chi connectivity index (χ0) is 26.6. The predicted molar refractivity (Wildman–Crippen MR) is 170 cm³/mol. The SMILES string of the molecule is Nc1c(C(=NCN2c3cc4ccccc4cc3-c3cccc4cccc2c34)c2ccncc2)sc2ccccc12. The summed E-state index contributed by atoms with van der Waals surface area (Å²) in [4.78, 5) is 12.9. The van der Waals surface area contributed by atoms with Gasteiger partial charge in [0, 0.05) is 39.0 Å². The molecule has 0 radical (unpaired) electrons. The third kappa shape index (κ3) is 3.52. The van der Waals surface area contributed by atoms with Gasteiger partial charge < -0.3 is 10.6 Å². The predicted octanol–water partition coefficient (Wildman–Crippen LogP) is 8.80. The van der Waals surface area contributed by atoms with E-state index in [9.17, 15) is 0 Å². The smallest absolute Gasteiger partial charge is 0.115 e. The molecule has 2 N–H and O–H groups in total. The number of nitrogens with zero attached hydrogens (tertiary/aromatic N) is 3. The highest BCUT2D eigenvalue weighted by molar-refractivity contribution is 7.21. The second-order valence-electron chi connectivity index (χ2n) is 10.1. The van der Waals surface area contributed by atoms with E-state index < -0.39 is 0 Å². The molecule has 4 nitrogen and oxygen atoms in total. The van der Waals surface area contributed by atoms with Crippen LogP contribution in [-0.4, -0.2) is 17.4 Å². The number of aromatic nitrogens is 1. The van der Waals surface area contributed by atoms with Crippen molar-refractivity contribution in [2.75, 3.05) is 17.3 Å². The summed E-state index contributed by atoms with van der Waals surface area (Å²) in [5.74, 6) is 0. The van der Waals surface area contributed by atoms with Crippen LogP contribution in [0.4, 0.5) is 17.1 Å². The van der Waals surface area contributed by atoms with Gasteiger partial charge >= 0.3 is 0 Å². The summed E-state index contributed by atoms with van der Waals surface area (Å²) in [6, 6.07) is 38.6. The van der Waals surface area contributed by atoms with Gasteiger partial charge in [0.05, 0.1) is 27.7 Å². The highest BCUT2D eigenvalue weighted by Gasteiger charge is 2.25. The normalized spacial score (nSPS) is 12.8. The molecule has 40 heavy (non-hydrogen) atoms. The topological polar surface area (TPSA) is 54.5 Å². The number of hydrogen-bond donors (Lipinski definition) is 1. The van der Waals surface area contributed by atoms with Crippen molar-refractivity contribution in [1.82, 2.24) is 4.98 Å². The zero-order valence-electron chi connectivity index (χ0n) is 21.6. The molecule has 0 atom stereocenters. The number of aliphatic imine (C=N–C) groups is 1. The molecule has 0 saturated carbocycles. The molecule has 2 aromatic heterocycles. The summed E-state index contributed by atoms with van der Waals surface area (Å²) in [5, 5.41) is 6.00. The molecular formula is C35H24N4S. The van der Waals surface area contributed by atoms with Crippen molar-refractivity contribution in [3.63, 3.8) is 0 Å². The molecule has 8 rings (SSSR count). The molecule has 1 aliphatic heterocycles. The van der Waals surface area contributed by atoms with Crippen molar-refractivity contribution in [1.29, 1.82) is 0 Å². The third-order valence-corrected chi connectivity index (χ3v) is 8.98. The second kappa shape index (κ2) is 9.04. The number of nitrogens with two attached hydrogens (primary N) is 1. The lowest BCUT2D eigenvalue weighted by Crippen LogP contribution is -2.22. The molecule has 0 unspecified atom stereocenters. The first-order chi connectivity index (χ1) is 19.8. The maximum Gasteiger partial charge on any atom is 0.115 e. The molecule has 5 aromatic carbocycles. The van der Waals surface area contributed by atoms with Crippen LogP contribution in [0.2, 0.25) is 0 Å². The minimum Gasteiger partial charge on any atom is -0.397 e. The lowest BCUT2D eigenvalue weighted by atomic mass is 9.90. The standard InChI is InChI=1S/C35H24N4S/c36-33-27-11-3-4-14-31(27)40-35(33)34(23-15-17-37-18-16-23)38-21-39-29-13-6-10-22-9-5-12-26(32(22)29)28-19-24-7-1-2-8-25(24)20-30(28)39/h1-20H,21,36H2. The molecule has 0 fully saturated rings. The van der Waals surface area contributed by atoms with Gasteiger partial charge in [-0.2, -0.15) is 0 Å². The fourth-order valence-corrected chi connectivity index (χ4v) is 7.06. The molecule has 190 valence electrons. The summed E-state index contributed by atoms with van der Waals surface area (Å²) in [6.45, 7) is 0.449. The molecule has 0 bridgehead atoms. The fourth-order valence-electron chi connectivity index (χ4n) is 5.91. The zero-order valence-corrected chi connectivity index (χ0v) is 22.4. The van der Waals surface area contributed by atoms with E-state index in [0.29, 0.717) is 6.67 Å². The number of rotatable bonds is 4. The van der Waals surface area contributed by atoms with Gasteiger partial charge in [-0.15, -0.1) is 11.3 Å². The Kier molecular flexibility index (Phi) is 5.18. The van der Waals surface area contributed by atoms with Gasteiger partial charge in [-0.05, 0) is 58.1 Å². The van der Waals surface area contributed by atoms with E-state index in [0.717, 1.165) is 43.3 Å². The summed E-state index contributed by atoms with van der Waals surface area (Å²) in [5.41, 5.74) is 14.2. The number of hydrogen-bond acceptors (Lipinski definition) is 5. The Morgan fingerprint density at radius 2 is 1.45 bits per heavy atom. The van der Waals surface area contributed by atoms with E-state index in [1.807, 2.05) is 30.6 Å². The van der Waals surface area contributed by atoms with Gasteiger partial charge in [0.25, 0.3) is 0 Å². The maximum atomic E-state index is 6.75. The van der Waals surface area contributed by atoms with Gasteiger partial charge in [-0.25, -0.2) is 0 Å². The Morgan fingerprint density at radius 1 is 0.725 bits per heavy atom. The number of pyridine rings is 1. The first-order valence-electron chi connectivity index (χ1n) is 13.3. The minimum atomic E-state index is 0.449. The van der Waals surface area contributed by atoms with Gasteiger partial charge in [-0.3, -0.25) is 9.98 Å².